The number of nitrogens with zero attached hydrogens (tertiary/aromatic N) is 2. The van der Waals surface area contributed by atoms with Crippen molar-refractivity contribution in [1.82, 2.24) is 9.78 Å². The van der Waals surface area contributed by atoms with Gasteiger partial charge < -0.3 is 15.4 Å². The van der Waals surface area contributed by atoms with Crippen LogP contribution in [0.1, 0.15) is 10.5 Å². The highest BCUT2D eigenvalue weighted by Crippen LogP contribution is 2.24. The first-order chi connectivity index (χ1) is 16.0. The van der Waals surface area contributed by atoms with Crippen molar-refractivity contribution in [3.05, 3.63) is 95.6 Å². The molecule has 2 amide bonds. The number of nitrogens with one attached hydrogen (secondary N) is 2. The van der Waals surface area contributed by atoms with E-state index in [1.54, 1.807) is 47.1 Å². The number of methoxy groups -OCH3 is 1. The number of rotatable bonds is 7. The molecule has 166 valence electrons. The second-order valence-electron chi connectivity index (χ2n) is 7.18. The maximum Gasteiger partial charge on any atom is 0.274 e. The van der Waals surface area contributed by atoms with Crippen LogP contribution in [0.25, 0.3) is 16.9 Å². The molecule has 0 radical (unpaired) electrons. The molecule has 0 unspecified atom stereocenters. The van der Waals surface area contributed by atoms with Gasteiger partial charge in [0.2, 0.25) is 5.91 Å². The van der Waals surface area contributed by atoms with Crippen molar-refractivity contribution in [2.75, 3.05) is 24.4 Å². The van der Waals surface area contributed by atoms with E-state index in [9.17, 15) is 9.59 Å². The lowest BCUT2D eigenvalue weighted by molar-refractivity contribution is -0.119. The van der Waals surface area contributed by atoms with Crippen LogP contribution in [0.5, 0.6) is 0 Å². The van der Waals surface area contributed by atoms with Crippen molar-refractivity contribution in [1.29, 1.82) is 0 Å². The molecule has 0 atom stereocenters. The molecule has 0 aliphatic rings. The lowest BCUT2D eigenvalue weighted by atomic mass is 10.1. The van der Waals surface area contributed by atoms with Gasteiger partial charge in [-0.15, -0.1) is 0 Å². The molecule has 33 heavy (non-hydrogen) atoms. The van der Waals surface area contributed by atoms with E-state index in [4.69, 9.17) is 16.3 Å². The van der Waals surface area contributed by atoms with Crippen LogP contribution in [-0.2, 0) is 9.53 Å². The first-order valence-electron chi connectivity index (χ1n) is 10.1. The summed E-state index contributed by atoms with van der Waals surface area (Å²) in [6.45, 7) is -0.0298. The van der Waals surface area contributed by atoms with E-state index in [-0.39, 0.29) is 18.4 Å². The van der Waals surface area contributed by atoms with Crippen LogP contribution in [0.2, 0.25) is 5.02 Å². The van der Waals surface area contributed by atoms with Gasteiger partial charge in [-0.2, -0.15) is 5.10 Å². The number of carbonyl (C=O) groups is 2. The van der Waals surface area contributed by atoms with Crippen molar-refractivity contribution >= 4 is 34.8 Å². The minimum atomic E-state index is -0.317. The van der Waals surface area contributed by atoms with Crippen molar-refractivity contribution in [3.8, 4) is 16.9 Å². The largest absolute Gasteiger partial charge is 0.375 e. The number of aromatic nitrogens is 2. The van der Waals surface area contributed by atoms with E-state index in [2.05, 4.69) is 15.7 Å². The quantitative estimate of drug-likeness (QED) is 0.405. The zero-order valence-electron chi connectivity index (χ0n) is 17.8. The average molecular weight is 461 g/mol. The molecule has 4 aromatic rings. The minimum Gasteiger partial charge on any atom is -0.375 e. The fourth-order valence-corrected chi connectivity index (χ4v) is 3.36. The predicted molar refractivity (Wildman–Crippen MR) is 129 cm³/mol. The minimum absolute atomic E-state index is 0.0298. The molecule has 4 rings (SSSR count). The Morgan fingerprint density at radius 1 is 0.909 bits per heavy atom. The third-order valence-electron chi connectivity index (χ3n) is 4.78. The molecule has 0 fully saturated rings. The average Bonchev–Trinajstić information content (AvgIpc) is 3.27. The van der Waals surface area contributed by atoms with E-state index in [0.29, 0.717) is 27.8 Å². The number of para-hydroxylation sites is 1. The van der Waals surface area contributed by atoms with Gasteiger partial charge in [-0.1, -0.05) is 41.9 Å². The summed E-state index contributed by atoms with van der Waals surface area (Å²) in [5, 5.41) is 10.9. The Kier molecular flexibility index (Phi) is 6.83. The number of ether oxygens (including phenoxy) is 1. The second kappa shape index (κ2) is 10.1. The van der Waals surface area contributed by atoms with Gasteiger partial charge in [0.1, 0.15) is 12.3 Å². The monoisotopic (exact) mass is 460 g/mol. The smallest absolute Gasteiger partial charge is 0.274 e. The Bertz CT molecular complexity index is 1250. The summed E-state index contributed by atoms with van der Waals surface area (Å²) >= 11 is 6.01. The van der Waals surface area contributed by atoms with Gasteiger partial charge in [0.05, 0.1) is 11.4 Å². The maximum atomic E-state index is 13.2. The van der Waals surface area contributed by atoms with Crippen LogP contribution < -0.4 is 10.6 Å². The van der Waals surface area contributed by atoms with Crippen molar-refractivity contribution < 1.29 is 14.3 Å². The molecule has 8 heteroatoms. The zero-order valence-corrected chi connectivity index (χ0v) is 18.5. The van der Waals surface area contributed by atoms with E-state index < -0.39 is 0 Å². The Labute approximate surface area is 196 Å². The SMILES string of the molecule is COCC(=O)Nc1ccc(NC(=O)c2cc(-c3ccc(Cl)cc3)nn2-c2ccccc2)cc1. The molecular formula is C25H21ClN4O3. The van der Waals surface area contributed by atoms with Gasteiger partial charge in [0.15, 0.2) is 0 Å². The second-order valence-corrected chi connectivity index (χ2v) is 7.62. The Morgan fingerprint density at radius 3 is 2.18 bits per heavy atom. The van der Waals surface area contributed by atoms with Gasteiger partial charge in [-0.25, -0.2) is 4.68 Å². The summed E-state index contributed by atoms with van der Waals surface area (Å²) in [5.74, 6) is -0.571. The standard InChI is InChI=1S/C25H21ClN4O3/c1-33-16-24(31)27-19-11-13-20(14-12-19)28-25(32)23-15-22(17-7-9-18(26)10-8-17)29-30(23)21-5-3-2-4-6-21/h2-15H,16H2,1H3,(H,27,31)(H,28,32). The molecule has 3 aromatic carbocycles. The summed E-state index contributed by atoms with van der Waals surface area (Å²) in [6, 6.07) is 25.3. The molecule has 0 saturated carbocycles. The molecule has 0 aliphatic heterocycles. The zero-order chi connectivity index (χ0) is 23.2. The molecule has 0 spiro atoms. The summed E-state index contributed by atoms with van der Waals surface area (Å²) in [5.41, 5.74) is 3.83. The van der Waals surface area contributed by atoms with Gasteiger partial charge in [0.25, 0.3) is 5.91 Å². The summed E-state index contributed by atoms with van der Waals surface area (Å²) in [6.07, 6.45) is 0. The van der Waals surface area contributed by atoms with Crippen LogP contribution in [-0.4, -0.2) is 35.3 Å². The first-order valence-corrected chi connectivity index (χ1v) is 10.5. The Balaban J connectivity index is 1.60. The van der Waals surface area contributed by atoms with Gasteiger partial charge in [-0.3, -0.25) is 9.59 Å². The van der Waals surface area contributed by atoms with Gasteiger partial charge >= 0.3 is 0 Å². The highest BCUT2D eigenvalue weighted by atomic mass is 35.5. The third kappa shape index (κ3) is 5.46. The lowest BCUT2D eigenvalue weighted by Crippen LogP contribution is -2.18. The number of anilines is 2. The molecule has 0 saturated heterocycles. The normalized spacial score (nSPS) is 10.6. The van der Waals surface area contributed by atoms with Gasteiger partial charge in [-0.05, 0) is 54.6 Å². The molecular weight excluding hydrogens is 440 g/mol. The maximum absolute atomic E-state index is 13.2. The Hall–Kier alpha value is -3.94. The van der Waals surface area contributed by atoms with E-state index in [1.807, 2.05) is 42.5 Å². The van der Waals surface area contributed by atoms with Crippen LogP contribution in [0.3, 0.4) is 0 Å². The van der Waals surface area contributed by atoms with Gasteiger partial charge in [0, 0.05) is 29.1 Å². The van der Waals surface area contributed by atoms with E-state index in [0.717, 1.165) is 11.3 Å². The number of benzene rings is 3. The van der Waals surface area contributed by atoms with Crippen molar-refractivity contribution in [3.63, 3.8) is 0 Å². The number of hydrogen-bond acceptors (Lipinski definition) is 4. The Morgan fingerprint density at radius 2 is 1.55 bits per heavy atom. The molecule has 0 aliphatic carbocycles. The summed E-state index contributed by atoms with van der Waals surface area (Å²) in [7, 11) is 1.46. The van der Waals surface area contributed by atoms with E-state index >= 15 is 0 Å². The van der Waals surface area contributed by atoms with Crippen LogP contribution >= 0.6 is 11.6 Å². The van der Waals surface area contributed by atoms with E-state index in [1.165, 1.54) is 7.11 Å². The highest BCUT2D eigenvalue weighted by Gasteiger charge is 2.18. The molecule has 0 bridgehead atoms. The fraction of sp³-hybridized carbons (Fsp3) is 0.0800. The molecule has 1 aromatic heterocycles. The summed E-state index contributed by atoms with van der Waals surface area (Å²) in [4.78, 5) is 24.8. The number of amides is 2. The molecule has 2 N–H and O–H groups in total. The highest BCUT2D eigenvalue weighted by molar-refractivity contribution is 6.30. The number of carbonyl (C=O) groups excluding carboxylic acids is 2. The predicted octanol–water partition coefficient (Wildman–Crippen LogP) is 5.03. The van der Waals surface area contributed by atoms with Crippen molar-refractivity contribution in [2.45, 2.75) is 0 Å². The lowest BCUT2D eigenvalue weighted by Gasteiger charge is -2.09. The topological polar surface area (TPSA) is 85.2 Å². The number of hydrogen-bond donors (Lipinski definition) is 2. The van der Waals surface area contributed by atoms with Crippen molar-refractivity contribution in [2.24, 2.45) is 0 Å². The van der Waals surface area contributed by atoms with Crippen LogP contribution in [0.4, 0.5) is 11.4 Å². The fourth-order valence-electron chi connectivity index (χ4n) is 3.23. The number of halogens is 1. The third-order valence-corrected chi connectivity index (χ3v) is 5.04. The van der Waals surface area contributed by atoms with Crippen LogP contribution in [0.15, 0.2) is 84.9 Å². The molecule has 1 heterocycles. The first kappa shape index (κ1) is 22.3. The molecule has 7 nitrogen and oxygen atoms in total. The summed E-state index contributed by atoms with van der Waals surface area (Å²) < 4.78 is 6.41. The van der Waals surface area contributed by atoms with Crippen LogP contribution in [0, 0.1) is 0 Å².